The van der Waals surface area contributed by atoms with Gasteiger partial charge in [0.25, 0.3) is 5.91 Å². The number of amides is 1. The fourth-order valence-corrected chi connectivity index (χ4v) is 2.15. The Kier molecular flexibility index (Phi) is 6.16. The molecule has 1 aliphatic rings. The lowest BCUT2D eigenvalue weighted by Crippen LogP contribution is -2.46. The molecule has 1 fully saturated rings. The molecule has 2 rings (SSSR count). The largest absolute Gasteiger partial charge is 0.336 e. The molecule has 1 aromatic carbocycles. The van der Waals surface area contributed by atoms with Gasteiger partial charge in [0.15, 0.2) is 0 Å². The second-order valence-corrected chi connectivity index (χ2v) is 4.49. The molecule has 0 saturated carbocycles. The van der Waals surface area contributed by atoms with E-state index in [0.29, 0.717) is 0 Å². The summed E-state index contributed by atoms with van der Waals surface area (Å²) in [4.78, 5) is 14.1. The standard InChI is InChI=1S/C14H20N2O.ClH/c1-2-3-12-4-6-13(7-5-12)14(17)16-10-8-15-9-11-16;/h4-7,15H,2-3,8-11H2,1H3;1H. The molecular formula is C14H21ClN2O. The molecule has 1 heterocycles. The summed E-state index contributed by atoms with van der Waals surface area (Å²) >= 11 is 0. The Bertz CT molecular complexity index is 372. The van der Waals surface area contributed by atoms with Gasteiger partial charge in [0, 0.05) is 31.7 Å². The Morgan fingerprint density at radius 3 is 2.39 bits per heavy atom. The normalized spacial score (nSPS) is 15.1. The molecule has 0 radical (unpaired) electrons. The van der Waals surface area contributed by atoms with E-state index in [1.54, 1.807) is 0 Å². The van der Waals surface area contributed by atoms with Gasteiger partial charge in [-0.15, -0.1) is 12.4 Å². The molecule has 1 saturated heterocycles. The second kappa shape index (κ2) is 7.39. The van der Waals surface area contributed by atoms with Crippen molar-refractivity contribution in [3.63, 3.8) is 0 Å². The Hall–Kier alpha value is -1.06. The third kappa shape index (κ3) is 3.72. The first-order chi connectivity index (χ1) is 8.31. The highest BCUT2D eigenvalue weighted by molar-refractivity contribution is 5.94. The number of rotatable bonds is 3. The van der Waals surface area contributed by atoms with Gasteiger partial charge in [-0.1, -0.05) is 25.5 Å². The van der Waals surface area contributed by atoms with Gasteiger partial charge in [-0.3, -0.25) is 4.79 Å². The van der Waals surface area contributed by atoms with E-state index >= 15 is 0 Å². The van der Waals surface area contributed by atoms with Crippen LogP contribution in [0.15, 0.2) is 24.3 Å². The number of halogens is 1. The summed E-state index contributed by atoms with van der Waals surface area (Å²) in [6.45, 7) is 5.60. The SMILES string of the molecule is CCCc1ccc(C(=O)N2CCNCC2)cc1.Cl. The molecule has 18 heavy (non-hydrogen) atoms. The topological polar surface area (TPSA) is 32.3 Å². The van der Waals surface area contributed by atoms with E-state index in [9.17, 15) is 4.79 Å². The lowest BCUT2D eigenvalue weighted by molar-refractivity contribution is 0.0736. The van der Waals surface area contributed by atoms with E-state index in [-0.39, 0.29) is 18.3 Å². The lowest BCUT2D eigenvalue weighted by atomic mass is 10.1. The van der Waals surface area contributed by atoms with Crippen LogP contribution in [0.2, 0.25) is 0 Å². The van der Waals surface area contributed by atoms with E-state index in [1.807, 2.05) is 17.0 Å². The van der Waals surface area contributed by atoms with E-state index in [4.69, 9.17) is 0 Å². The second-order valence-electron chi connectivity index (χ2n) is 4.49. The van der Waals surface area contributed by atoms with Gasteiger partial charge in [-0.2, -0.15) is 0 Å². The van der Waals surface area contributed by atoms with Crippen LogP contribution in [0.3, 0.4) is 0 Å². The maximum atomic E-state index is 12.2. The fraction of sp³-hybridized carbons (Fsp3) is 0.500. The molecule has 0 atom stereocenters. The zero-order valence-corrected chi connectivity index (χ0v) is 11.6. The number of hydrogen-bond acceptors (Lipinski definition) is 2. The number of nitrogens with zero attached hydrogens (tertiary/aromatic N) is 1. The maximum Gasteiger partial charge on any atom is 0.253 e. The molecule has 4 heteroatoms. The summed E-state index contributed by atoms with van der Waals surface area (Å²) in [5.41, 5.74) is 2.12. The van der Waals surface area contributed by atoms with E-state index in [2.05, 4.69) is 24.4 Å². The van der Waals surface area contributed by atoms with Crippen LogP contribution in [-0.2, 0) is 6.42 Å². The van der Waals surface area contributed by atoms with Gasteiger partial charge in [0.05, 0.1) is 0 Å². The van der Waals surface area contributed by atoms with Crippen molar-refractivity contribution in [2.45, 2.75) is 19.8 Å². The van der Waals surface area contributed by atoms with Crippen LogP contribution in [-0.4, -0.2) is 37.0 Å². The van der Waals surface area contributed by atoms with Crippen molar-refractivity contribution in [2.24, 2.45) is 0 Å². The van der Waals surface area contributed by atoms with Gasteiger partial charge in [0.1, 0.15) is 0 Å². The average Bonchev–Trinajstić information content (AvgIpc) is 2.40. The first-order valence-electron chi connectivity index (χ1n) is 6.40. The molecule has 0 bridgehead atoms. The fourth-order valence-electron chi connectivity index (χ4n) is 2.15. The number of benzene rings is 1. The maximum absolute atomic E-state index is 12.2. The summed E-state index contributed by atoms with van der Waals surface area (Å²) < 4.78 is 0. The predicted octanol–water partition coefficient (Wildman–Crippen LogP) is 2.11. The molecule has 1 aliphatic heterocycles. The van der Waals surface area contributed by atoms with Gasteiger partial charge in [-0.25, -0.2) is 0 Å². The Balaban J connectivity index is 0.00000162. The quantitative estimate of drug-likeness (QED) is 0.911. The Labute approximate surface area is 115 Å². The van der Waals surface area contributed by atoms with E-state index < -0.39 is 0 Å². The van der Waals surface area contributed by atoms with Crippen LogP contribution >= 0.6 is 12.4 Å². The number of piperazine rings is 1. The highest BCUT2D eigenvalue weighted by atomic mass is 35.5. The molecule has 0 aromatic heterocycles. The van der Waals surface area contributed by atoms with Crippen molar-refractivity contribution >= 4 is 18.3 Å². The van der Waals surface area contributed by atoms with E-state index in [0.717, 1.165) is 44.6 Å². The minimum atomic E-state index is 0. The molecule has 1 aromatic rings. The number of aryl methyl sites for hydroxylation is 1. The molecule has 100 valence electrons. The Morgan fingerprint density at radius 2 is 1.83 bits per heavy atom. The van der Waals surface area contributed by atoms with Crippen molar-refractivity contribution < 1.29 is 4.79 Å². The zero-order chi connectivity index (χ0) is 12.1. The number of carbonyl (C=O) groups is 1. The van der Waals surface area contributed by atoms with Crippen LogP contribution in [0.1, 0.15) is 29.3 Å². The minimum Gasteiger partial charge on any atom is -0.336 e. The summed E-state index contributed by atoms with van der Waals surface area (Å²) in [6, 6.07) is 8.04. The minimum absolute atomic E-state index is 0. The van der Waals surface area contributed by atoms with Crippen molar-refractivity contribution in [3.8, 4) is 0 Å². The average molecular weight is 269 g/mol. The smallest absolute Gasteiger partial charge is 0.253 e. The third-order valence-electron chi connectivity index (χ3n) is 3.14. The lowest BCUT2D eigenvalue weighted by Gasteiger charge is -2.27. The van der Waals surface area contributed by atoms with Crippen LogP contribution in [0.4, 0.5) is 0 Å². The highest BCUT2D eigenvalue weighted by Gasteiger charge is 2.17. The summed E-state index contributed by atoms with van der Waals surface area (Å²) in [7, 11) is 0. The van der Waals surface area contributed by atoms with Crippen LogP contribution in [0.5, 0.6) is 0 Å². The van der Waals surface area contributed by atoms with Crippen LogP contribution < -0.4 is 5.32 Å². The number of carbonyl (C=O) groups excluding carboxylic acids is 1. The highest BCUT2D eigenvalue weighted by Crippen LogP contribution is 2.09. The van der Waals surface area contributed by atoms with Crippen molar-refractivity contribution in [3.05, 3.63) is 35.4 Å². The monoisotopic (exact) mass is 268 g/mol. The molecule has 0 spiro atoms. The third-order valence-corrected chi connectivity index (χ3v) is 3.14. The van der Waals surface area contributed by atoms with Crippen LogP contribution in [0.25, 0.3) is 0 Å². The van der Waals surface area contributed by atoms with Gasteiger partial charge < -0.3 is 10.2 Å². The Morgan fingerprint density at radius 1 is 1.22 bits per heavy atom. The zero-order valence-electron chi connectivity index (χ0n) is 10.8. The molecule has 1 N–H and O–H groups in total. The molecule has 0 unspecified atom stereocenters. The first kappa shape index (κ1) is 15.0. The summed E-state index contributed by atoms with van der Waals surface area (Å²) in [6.07, 6.45) is 2.23. The van der Waals surface area contributed by atoms with Crippen molar-refractivity contribution in [1.82, 2.24) is 10.2 Å². The van der Waals surface area contributed by atoms with Gasteiger partial charge >= 0.3 is 0 Å². The first-order valence-corrected chi connectivity index (χ1v) is 6.40. The van der Waals surface area contributed by atoms with Gasteiger partial charge in [0.2, 0.25) is 0 Å². The van der Waals surface area contributed by atoms with Gasteiger partial charge in [-0.05, 0) is 24.1 Å². The predicted molar refractivity (Wildman–Crippen MR) is 76.5 cm³/mol. The van der Waals surface area contributed by atoms with Crippen molar-refractivity contribution in [2.75, 3.05) is 26.2 Å². The molecule has 3 nitrogen and oxygen atoms in total. The number of hydrogen-bond donors (Lipinski definition) is 1. The molecule has 1 amide bonds. The number of nitrogens with one attached hydrogen (secondary N) is 1. The van der Waals surface area contributed by atoms with Crippen molar-refractivity contribution in [1.29, 1.82) is 0 Å². The van der Waals surface area contributed by atoms with E-state index in [1.165, 1.54) is 5.56 Å². The molecule has 0 aliphatic carbocycles. The summed E-state index contributed by atoms with van der Waals surface area (Å²) in [5.74, 6) is 0.162. The van der Waals surface area contributed by atoms with Crippen LogP contribution in [0, 0.1) is 0 Å². The molecular weight excluding hydrogens is 248 g/mol. The summed E-state index contributed by atoms with van der Waals surface area (Å²) in [5, 5.41) is 3.25.